The van der Waals surface area contributed by atoms with E-state index in [9.17, 15) is 9.59 Å². The lowest BCUT2D eigenvalue weighted by Crippen LogP contribution is -3.00. The molecule has 0 amide bonds. The number of ether oxygens (including phenoxy) is 10. The number of hydrogen-bond donors (Lipinski definition) is 0. The van der Waals surface area contributed by atoms with Crippen LogP contribution in [-0.2, 0) is 44.7 Å². The molecule has 0 unspecified atom stereocenters. The van der Waals surface area contributed by atoms with Gasteiger partial charge < -0.3 is 104 Å². The Morgan fingerprint density at radius 1 is 0.451 bits per heavy atom. The SMILES string of the molecule is COc1ccc(C[C@@H]2c3cc(OC)c(OC)cc3CC[N@@+]2(C)CCC(=O)OCCCCCCCOC(=O)CC[N@@+]2(C)CCc3cc(OC)c(OC)cc3[C@@H]2Cc2ccc(OC)c(OC)c2)cc1OC.[I-].[I-]. The highest BCUT2D eigenvalue weighted by molar-refractivity contribution is 5.69. The van der Waals surface area contributed by atoms with Crippen molar-refractivity contribution in [3.63, 3.8) is 0 Å². The van der Waals surface area contributed by atoms with Gasteiger partial charge in [-0.3, -0.25) is 9.59 Å². The Morgan fingerprint density at radius 2 is 0.775 bits per heavy atom. The van der Waals surface area contributed by atoms with Gasteiger partial charge in [0, 0.05) is 36.8 Å². The third kappa shape index (κ3) is 14.9. The van der Waals surface area contributed by atoms with Crippen LogP contribution >= 0.6 is 0 Å². The second kappa shape index (κ2) is 28.2. The van der Waals surface area contributed by atoms with E-state index in [0.29, 0.717) is 94.1 Å². The summed E-state index contributed by atoms with van der Waals surface area (Å²) >= 11 is 0. The predicted octanol–water partition coefficient (Wildman–Crippen LogP) is 2.85. The molecule has 2 aliphatic heterocycles. The first kappa shape index (κ1) is 59.2. The van der Waals surface area contributed by atoms with Crippen LogP contribution in [0.2, 0.25) is 0 Å². The number of methoxy groups -OCH3 is 8. The van der Waals surface area contributed by atoms with Crippen molar-refractivity contribution < 1.29 is 114 Å². The summed E-state index contributed by atoms with van der Waals surface area (Å²) in [6.07, 6.45) is 8.22. The summed E-state index contributed by atoms with van der Waals surface area (Å²) in [5.74, 6) is 5.19. The van der Waals surface area contributed by atoms with E-state index in [1.807, 2.05) is 24.3 Å². The first-order valence-corrected chi connectivity index (χ1v) is 24.3. The smallest absolute Gasteiger partial charge is 0.311 e. The fraction of sp³-hybridized carbons (Fsp3) is 0.527. The molecule has 4 aromatic carbocycles. The highest BCUT2D eigenvalue weighted by Gasteiger charge is 2.42. The Morgan fingerprint density at radius 3 is 1.13 bits per heavy atom. The topological polar surface area (TPSA) is 126 Å². The van der Waals surface area contributed by atoms with Gasteiger partial charge in [0.15, 0.2) is 46.0 Å². The van der Waals surface area contributed by atoms with Crippen molar-refractivity contribution in [1.82, 2.24) is 0 Å². The number of quaternary nitrogens is 2. The molecule has 6 rings (SSSR count). The molecule has 71 heavy (non-hydrogen) atoms. The summed E-state index contributed by atoms with van der Waals surface area (Å²) in [5.41, 5.74) is 7.07. The zero-order chi connectivity index (χ0) is 49.6. The molecule has 0 aliphatic carbocycles. The van der Waals surface area contributed by atoms with Crippen LogP contribution in [0.25, 0.3) is 0 Å². The third-order valence-corrected chi connectivity index (χ3v) is 14.5. The first-order chi connectivity index (χ1) is 33.4. The van der Waals surface area contributed by atoms with Crippen LogP contribution in [0.5, 0.6) is 46.0 Å². The minimum atomic E-state index is -0.179. The van der Waals surface area contributed by atoms with Crippen molar-refractivity contribution in [3.05, 3.63) is 94.0 Å². The lowest BCUT2D eigenvalue weighted by molar-refractivity contribution is -0.940. The lowest BCUT2D eigenvalue weighted by Gasteiger charge is -2.46. The Hall–Kier alpha value is -4.40. The fourth-order valence-electron chi connectivity index (χ4n) is 10.3. The average Bonchev–Trinajstić information content (AvgIpc) is 3.37. The van der Waals surface area contributed by atoms with Gasteiger partial charge in [-0.05, 0) is 83.6 Å². The van der Waals surface area contributed by atoms with Crippen LogP contribution in [0.1, 0.15) is 90.4 Å². The van der Waals surface area contributed by atoms with Gasteiger partial charge in [-0.25, -0.2) is 0 Å². The van der Waals surface area contributed by atoms with Crippen LogP contribution in [0.15, 0.2) is 60.7 Å². The van der Waals surface area contributed by atoms with Crippen molar-refractivity contribution in [2.24, 2.45) is 0 Å². The van der Waals surface area contributed by atoms with Crippen LogP contribution in [-0.4, -0.2) is 131 Å². The first-order valence-electron chi connectivity index (χ1n) is 24.3. The van der Waals surface area contributed by atoms with E-state index >= 15 is 0 Å². The van der Waals surface area contributed by atoms with Crippen molar-refractivity contribution in [2.75, 3.05) is 110 Å². The number of carbonyl (C=O) groups is 2. The molecule has 4 aromatic rings. The molecule has 2 aliphatic rings. The lowest BCUT2D eigenvalue weighted by atomic mass is 9.86. The Labute approximate surface area is 456 Å². The monoisotopic (exact) mass is 1210 g/mol. The summed E-state index contributed by atoms with van der Waals surface area (Å²) in [4.78, 5) is 26.3. The van der Waals surface area contributed by atoms with Crippen molar-refractivity contribution in [1.29, 1.82) is 0 Å². The molecular formula is C55H76I2N2O12. The van der Waals surface area contributed by atoms with Gasteiger partial charge in [-0.15, -0.1) is 0 Å². The number of hydrogen-bond acceptors (Lipinski definition) is 12. The van der Waals surface area contributed by atoms with Gasteiger partial charge in [0.1, 0.15) is 12.1 Å². The van der Waals surface area contributed by atoms with E-state index in [1.54, 1.807) is 56.9 Å². The van der Waals surface area contributed by atoms with Gasteiger partial charge >= 0.3 is 11.9 Å². The molecule has 392 valence electrons. The van der Waals surface area contributed by atoms with Gasteiger partial charge in [-0.2, -0.15) is 0 Å². The summed E-state index contributed by atoms with van der Waals surface area (Å²) in [6.45, 7) is 3.79. The van der Waals surface area contributed by atoms with E-state index in [1.165, 1.54) is 22.3 Å². The van der Waals surface area contributed by atoms with Crippen molar-refractivity contribution in [2.45, 2.75) is 82.7 Å². The molecule has 0 radical (unpaired) electrons. The second-order valence-electron chi connectivity index (χ2n) is 18.7. The Balaban J connectivity index is 0.00000548. The third-order valence-electron chi connectivity index (χ3n) is 14.5. The van der Waals surface area contributed by atoms with Gasteiger partial charge in [0.2, 0.25) is 0 Å². The van der Waals surface area contributed by atoms with Crippen LogP contribution in [0, 0.1) is 0 Å². The summed E-state index contributed by atoms with van der Waals surface area (Å²) < 4.78 is 57.9. The number of likely N-dealkylation sites (N-methyl/N-ethyl adjacent to an activating group) is 2. The number of rotatable bonds is 26. The van der Waals surface area contributed by atoms with Crippen LogP contribution in [0.4, 0.5) is 0 Å². The predicted molar refractivity (Wildman–Crippen MR) is 265 cm³/mol. The summed E-state index contributed by atoms with van der Waals surface area (Å²) in [6, 6.07) is 20.6. The van der Waals surface area contributed by atoms with E-state index in [-0.39, 0.29) is 72.0 Å². The van der Waals surface area contributed by atoms with Crippen LogP contribution in [0.3, 0.4) is 0 Å². The highest BCUT2D eigenvalue weighted by atomic mass is 127. The fourth-order valence-corrected chi connectivity index (χ4v) is 10.3. The molecule has 0 fully saturated rings. The molecular weight excluding hydrogens is 1130 g/mol. The van der Waals surface area contributed by atoms with Crippen molar-refractivity contribution in [3.8, 4) is 46.0 Å². The molecule has 0 spiro atoms. The normalized spacial score (nSPS) is 18.8. The molecule has 0 saturated heterocycles. The number of carbonyl (C=O) groups excluding carboxylic acids is 2. The van der Waals surface area contributed by atoms with E-state index in [4.69, 9.17) is 47.4 Å². The van der Waals surface area contributed by atoms with Crippen molar-refractivity contribution >= 4 is 11.9 Å². The number of unbranched alkanes of at least 4 members (excludes halogenated alkanes) is 4. The number of halogens is 2. The number of fused-ring (bicyclic) bond motifs is 2. The maximum atomic E-state index is 13.2. The maximum Gasteiger partial charge on any atom is 0.311 e. The summed E-state index contributed by atoms with van der Waals surface area (Å²) in [5, 5.41) is 0. The van der Waals surface area contributed by atoms with Gasteiger partial charge in [0.05, 0.1) is 123 Å². The number of esters is 2. The molecule has 4 atom stereocenters. The molecule has 2 heterocycles. The van der Waals surface area contributed by atoms with E-state index < -0.39 is 0 Å². The quantitative estimate of drug-likeness (QED) is 0.0398. The molecule has 0 aromatic heterocycles. The standard InChI is InChI=1S/C55H76N2O12.2HI/c1-56(24-20-40-34-50(64-7)52(66-9)36-42(40)44(56)30-38-16-18-46(60-3)48(32-38)62-5)26-22-54(58)68-28-14-12-11-13-15-29-69-55(59)23-27-57(2)25-21-41-35-51(65-8)53(67-10)37-43(41)45(57)31-39-17-19-47(61-4)49(33-39)63-6;;/h16-19,32-37,44-45H,11-15,20-31H2,1-10H3;2*1H/q+2;;/p-2/t44-,45+,56+,57-;;. The van der Waals surface area contributed by atoms with E-state index in [2.05, 4.69) is 50.5 Å². The van der Waals surface area contributed by atoms with Crippen LogP contribution < -0.4 is 85.8 Å². The zero-order valence-electron chi connectivity index (χ0n) is 43.5. The second-order valence-corrected chi connectivity index (χ2v) is 18.7. The summed E-state index contributed by atoms with van der Waals surface area (Å²) in [7, 11) is 17.7. The molecule has 14 nitrogen and oxygen atoms in total. The van der Waals surface area contributed by atoms with E-state index in [0.717, 1.165) is 82.0 Å². The number of benzene rings is 4. The Kier molecular flexibility index (Phi) is 23.5. The average molecular weight is 1210 g/mol. The molecule has 0 saturated carbocycles. The number of nitrogens with zero attached hydrogens (tertiary/aromatic N) is 2. The minimum Gasteiger partial charge on any atom is -1.00 e. The van der Waals surface area contributed by atoms with Gasteiger partial charge in [0.25, 0.3) is 0 Å². The minimum absolute atomic E-state index is 0. The zero-order valence-corrected chi connectivity index (χ0v) is 47.8. The molecule has 16 heteroatoms. The Bertz CT molecular complexity index is 2210. The molecule has 0 N–H and O–H groups in total. The maximum absolute atomic E-state index is 13.2. The highest BCUT2D eigenvalue weighted by Crippen LogP contribution is 2.45. The molecule has 0 bridgehead atoms. The van der Waals surface area contributed by atoms with Gasteiger partial charge in [-0.1, -0.05) is 31.4 Å². The largest absolute Gasteiger partial charge is 1.00 e.